The summed E-state index contributed by atoms with van der Waals surface area (Å²) in [5.74, 6) is 2.19. The fraction of sp³-hybridized carbons (Fsp3) is 0.250. The first-order valence-corrected chi connectivity index (χ1v) is 6.21. The molecule has 0 radical (unpaired) electrons. The lowest BCUT2D eigenvalue weighted by Crippen LogP contribution is -1.98. The third-order valence-electron chi connectivity index (χ3n) is 2.73. The Bertz CT molecular complexity index is 598. The molecule has 0 spiro atoms. The van der Waals surface area contributed by atoms with Crippen LogP contribution in [0.1, 0.15) is 0 Å². The van der Waals surface area contributed by atoms with Crippen LogP contribution in [0.25, 0.3) is 11.1 Å². The number of hydrogen-bond donors (Lipinski definition) is 2. The number of nitrogens with two attached hydrogens (primary N) is 1. The Balaban J connectivity index is 2.76. The first-order chi connectivity index (χ1) is 9.13. The number of ether oxygens (including phenoxy) is 3. The van der Waals surface area contributed by atoms with Gasteiger partial charge in [-0.15, -0.1) is 0 Å². The van der Waals surface area contributed by atoms with Crippen molar-refractivity contribution in [3.8, 4) is 28.4 Å². The highest BCUT2D eigenvalue weighted by molar-refractivity contribution is 9.10. The smallest absolute Gasteiger partial charge is 0.175 e. The third kappa shape index (κ3) is 2.21. The van der Waals surface area contributed by atoms with E-state index in [0.717, 1.165) is 11.1 Å². The minimum atomic E-state index is 0.450. The Morgan fingerprint density at radius 1 is 1.16 bits per heavy atom. The Morgan fingerprint density at radius 2 is 1.84 bits per heavy atom. The van der Waals surface area contributed by atoms with E-state index >= 15 is 0 Å². The SMILES string of the molecule is COc1cc(OC)c(-c2cn[nH]c2N)c(Br)c1OC. The van der Waals surface area contributed by atoms with Crippen LogP contribution in [0.2, 0.25) is 0 Å². The van der Waals surface area contributed by atoms with Crippen LogP contribution in [0.5, 0.6) is 17.2 Å². The number of hydrogen-bond acceptors (Lipinski definition) is 5. The van der Waals surface area contributed by atoms with Gasteiger partial charge in [-0.25, -0.2) is 0 Å². The van der Waals surface area contributed by atoms with Crippen LogP contribution in [0.4, 0.5) is 5.82 Å². The summed E-state index contributed by atoms with van der Waals surface area (Å²) in [7, 11) is 4.71. The molecule has 0 unspecified atom stereocenters. The van der Waals surface area contributed by atoms with E-state index in [1.54, 1.807) is 33.6 Å². The number of nitrogens with one attached hydrogen (secondary N) is 1. The molecule has 102 valence electrons. The summed E-state index contributed by atoms with van der Waals surface area (Å²) >= 11 is 3.50. The quantitative estimate of drug-likeness (QED) is 0.901. The lowest BCUT2D eigenvalue weighted by molar-refractivity contribution is 0.347. The summed E-state index contributed by atoms with van der Waals surface area (Å²) in [6.45, 7) is 0. The first kappa shape index (κ1) is 13.5. The molecule has 0 atom stereocenters. The highest BCUT2D eigenvalue weighted by Gasteiger charge is 2.22. The summed E-state index contributed by atoms with van der Waals surface area (Å²) in [5, 5.41) is 6.61. The van der Waals surface area contributed by atoms with Crippen molar-refractivity contribution in [3.63, 3.8) is 0 Å². The van der Waals surface area contributed by atoms with E-state index in [4.69, 9.17) is 19.9 Å². The Morgan fingerprint density at radius 3 is 2.32 bits per heavy atom. The molecular formula is C12H14BrN3O3. The van der Waals surface area contributed by atoms with Crippen LogP contribution in [0, 0.1) is 0 Å². The zero-order valence-corrected chi connectivity index (χ0v) is 12.4. The van der Waals surface area contributed by atoms with Gasteiger partial charge in [-0.2, -0.15) is 5.10 Å². The van der Waals surface area contributed by atoms with Gasteiger partial charge in [-0.05, 0) is 15.9 Å². The minimum Gasteiger partial charge on any atom is -0.496 e. The Kier molecular flexibility index (Phi) is 3.84. The zero-order chi connectivity index (χ0) is 14.0. The van der Waals surface area contributed by atoms with Crippen LogP contribution in [0.3, 0.4) is 0 Å². The predicted octanol–water partition coefficient (Wildman–Crippen LogP) is 2.45. The van der Waals surface area contributed by atoms with Crippen LogP contribution >= 0.6 is 15.9 Å². The monoisotopic (exact) mass is 327 g/mol. The fourth-order valence-electron chi connectivity index (χ4n) is 1.84. The highest BCUT2D eigenvalue weighted by Crippen LogP contribution is 2.48. The van der Waals surface area contributed by atoms with Gasteiger partial charge >= 0.3 is 0 Å². The second-order valence-electron chi connectivity index (χ2n) is 3.70. The largest absolute Gasteiger partial charge is 0.496 e. The summed E-state index contributed by atoms with van der Waals surface area (Å²) in [6, 6.07) is 1.74. The molecule has 0 amide bonds. The second kappa shape index (κ2) is 5.40. The molecule has 0 bridgehead atoms. The van der Waals surface area contributed by atoms with Gasteiger partial charge in [-0.3, -0.25) is 5.10 Å². The van der Waals surface area contributed by atoms with Crippen molar-refractivity contribution in [2.45, 2.75) is 0 Å². The average molecular weight is 328 g/mol. The van der Waals surface area contributed by atoms with Crippen molar-refractivity contribution in [1.82, 2.24) is 10.2 Å². The number of rotatable bonds is 4. The molecule has 0 saturated carbocycles. The first-order valence-electron chi connectivity index (χ1n) is 5.41. The molecule has 2 rings (SSSR count). The molecule has 1 heterocycles. The number of methoxy groups -OCH3 is 3. The number of benzene rings is 1. The summed E-state index contributed by atoms with van der Waals surface area (Å²) in [5.41, 5.74) is 7.34. The molecule has 0 aliphatic carbocycles. The van der Waals surface area contributed by atoms with Crippen molar-refractivity contribution >= 4 is 21.7 Å². The highest BCUT2D eigenvalue weighted by atomic mass is 79.9. The minimum absolute atomic E-state index is 0.450. The molecule has 1 aromatic heterocycles. The van der Waals surface area contributed by atoms with Crippen molar-refractivity contribution in [1.29, 1.82) is 0 Å². The number of halogens is 1. The number of anilines is 1. The number of nitrogens with zero attached hydrogens (tertiary/aromatic N) is 1. The van der Waals surface area contributed by atoms with E-state index in [1.807, 2.05) is 0 Å². The van der Waals surface area contributed by atoms with Gasteiger partial charge in [0.1, 0.15) is 11.6 Å². The molecule has 19 heavy (non-hydrogen) atoms. The summed E-state index contributed by atoms with van der Waals surface area (Å²) < 4.78 is 16.7. The van der Waals surface area contributed by atoms with Crippen molar-refractivity contribution in [2.75, 3.05) is 27.1 Å². The van der Waals surface area contributed by atoms with E-state index in [9.17, 15) is 0 Å². The molecule has 0 saturated heterocycles. The number of H-pyrrole nitrogens is 1. The lowest BCUT2D eigenvalue weighted by atomic mass is 10.1. The van der Waals surface area contributed by atoms with Gasteiger partial charge in [0.05, 0.1) is 32.0 Å². The molecule has 0 aliphatic heterocycles. The maximum Gasteiger partial charge on any atom is 0.175 e. The van der Waals surface area contributed by atoms with Gasteiger partial charge < -0.3 is 19.9 Å². The van der Waals surface area contributed by atoms with Crippen molar-refractivity contribution < 1.29 is 14.2 Å². The predicted molar refractivity (Wildman–Crippen MR) is 75.8 cm³/mol. The summed E-state index contributed by atoms with van der Waals surface area (Å²) in [6.07, 6.45) is 1.63. The molecule has 0 fully saturated rings. The maximum absolute atomic E-state index is 5.86. The van der Waals surface area contributed by atoms with Crippen LogP contribution in [0.15, 0.2) is 16.7 Å². The topological polar surface area (TPSA) is 82.4 Å². The Labute approximate surface area is 119 Å². The molecule has 3 N–H and O–H groups in total. The van der Waals surface area contributed by atoms with Crippen LogP contribution in [-0.2, 0) is 0 Å². The van der Waals surface area contributed by atoms with Gasteiger partial charge in [0.15, 0.2) is 11.5 Å². The molecule has 7 heteroatoms. The van der Waals surface area contributed by atoms with Gasteiger partial charge in [0.25, 0.3) is 0 Å². The molecule has 1 aromatic carbocycles. The van der Waals surface area contributed by atoms with Gasteiger partial charge in [0.2, 0.25) is 0 Å². The molecular weight excluding hydrogens is 314 g/mol. The fourth-order valence-corrected chi connectivity index (χ4v) is 2.60. The summed E-state index contributed by atoms with van der Waals surface area (Å²) in [4.78, 5) is 0. The van der Waals surface area contributed by atoms with Gasteiger partial charge in [-0.1, -0.05) is 0 Å². The number of aromatic nitrogens is 2. The lowest BCUT2D eigenvalue weighted by Gasteiger charge is -2.16. The molecule has 6 nitrogen and oxygen atoms in total. The number of aromatic amines is 1. The maximum atomic E-state index is 5.86. The standard InChI is InChI=1S/C12H14BrN3O3/c1-17-7-4-8(18-2)11(19-3)10(13)9(7)6-5-15-16-12(6)14/h4-5H,1-3H3,(H3,14,15,16). The van der Waals surface area contributed by atoms with Crippen molar-refractivity contribution in [3.05, 3.63) is 16.7 Å². The van der Waals surface area contributed by atoms with Crippen LogP contribution < -0.4 is 19.9 Å². The van der Waals surface area contributed by atoms with E-state index in [-0.39, 0.29) is 0 Å². The van der Waals surface area contributed by atoms with Gasteiger partial charge in [0, 0.05) is 17.2 Å². The zero-order valence-electron chi connectivity index (χ0n) is 10.8. The van der Waals surface area contributed by atoms with E-state index < -0.39 is 0 Å². The van der Waals surface area contributed by atoms with Crippen LogP contribution in [-0.4, -0.2) is 31.5 Å². The van der Waals surface area contributed by atoms with E-state index in [2.05, 4.69) is 26.1 Å². The van der Waals surface area contributed by atoms with E-state index in [1.165, 1.54) is 0 Å². The second-order valence-corrected chi connectivity index (χ2v) is 4.49. The Hall–Kier alpha value is -1.89. The normalized spacial score (nSPS) is 10.3. The molecule has 2 aromatic rings. The third-order valence-corrected chi connectivity index (χ3v) is 3.49. The van der Waals surface area contributed by atoms with E-state index in [0.29, 0.717) is 27.5 Å². The number of nitrogen functional groups attached to an aromatic ring is 1. The average Bonchev–Trinajstić information content (AvgIpc) is 2.83. The molecule has 0 aliphatic rings. The van der Waals surface area contributed by atoms with Crippen molar-refractivity contribution in [2.24, 2.45) is 0 Å².